The molecular formula is C19H32O. The van der Waals surface area contributed by atoms with Crippen LogP contribution in [-0.4, -0.2) is 7.11 Å². The largest absolute Gasteiger partial charge is 0.376 e. The Morgan fingerprint density at radius 2 is 1.65 bits per heavy atom. The van der Waals surface area contributed by atoms with Gasteiger partial charge in [0, 0.05) is 13.0 Å². The fourth-order valence-corrected chi connectivity index (χ4v) is 2.28. The highest BCUT2D eigenvalue weighted by molar-refractivity contribution is 5.19. The first kappa shape index (κ1) is 18.9. The van der Waals surface area contributed by atoms with Crippen molar-refractivity contribution >= 4 is 0 Å². The van der Waals surface area contributed by atoms with Crippen molar-refractivity contribution in [2.24, 2.45) is 5.92 Å². The summed E-state index contributed by atoms with van der Waals surface area (Å²) in [5, 5.41) is 0. The summed E-state index contributed by atoms with van der Waals surface area (Å²) in [6, 6.07) is 10.3. The summed E-state index contributed by atoms with van der Waals surface area (Å²) < 4.78 is 5.57. The third-order valence-electron chi connectivity index (χ3n) is 3.40. The molecule has 0 aliphatic carbocycles. The van der Waals surface area contributed by atoms with Gasteiger partial charge in [-0.25, -0.2) is 0 Å². The monoisotopic (exact) mass is 276 g/mol. The van der Waals surface area contributed by atoms with Crippen molar-refractivity contribution in [3.63, 3.8) is 0 Å². The summed E-state index contributed by atoms with van der Waals surface area (Å²) >= 11 is 0. The zero-order valence-electron chi connectivity index (χ0n) is 13.8. The molecule has 0 saturated carbocycles. The molecule has 0 saturated heterocycles. The number of methoxy groups -OCH3 is 1. The molecule has 2 unspecified atom stereocenters. The topological polar surface area (TPSA) is 9.23 Å². The molecule has 0 amide bonds. The van der Waals surface area contributed by atoms with Gasteiger partial charge in [0.15, 0.2) is 0 Å². The zero-order valence-corrected chi connectivity index (χ0v) is 13.8. The standard InChI is InChI=1S/C14H20O.C5H12/c1-4-9-12(5-2)14(15-3)13-10-7-6-8-11-13;1-3-5-4-2/h5-8,10-12,14H,2,4,9H2,1,3H3;3-5H2,1-2H3. The van der Waals surface area contributed by atoms with Crippen LogP contribution in [0.2, 0.25) is 0 Å². The Kier molecular flexibility index (Phi) is 12.2. The Labute approximate surface area is 126 Å². The summed E-state index contributed by atoms with van der Waals surface area (Å²) in [4.78, 5) is 0. The molecule has 20 heavy (non-hydrogen) atoms. The van der Waals surface area contributed by atoms with Crippen LogP contribution in [-0.2, 0) is 4.74 Å². The molecule has 1 aromatic rings. The molecule has 1 rings (SSSR count). The average Bonchev–Trinajstić information content (AvgIpc) is 2.49. The van der Waals surface area contributed by atoms with Crippen molar-refractivity contribution in [1.82, 2.24) is 0 Å². The SMILES string of the molecule is C=CC(CCC)C(OC)c1ccccc1.CCCCC. The number of unbranched alkanes of at least 4 members (excludes halogenated alkanes) is 2. The zero-order chi connectivity index (χ0) is 15.2. The highest BCUT2D eigenvalue weighted by Gasteiger charge is 2.18. The maximum Gasteiger partial charge on any atom is 0.0883 e. The molecule has 0 heterocycles. The molecule has 0 aliphatic heterocycles. The van der Waals surface area contributed by atoms with E-state index in [1.807, 2.05) is 24.3 Å². The third kappa shape index (κ3) is 7.49. The van der Waals surface area contributed by atoms with E-state index in [1.54, 1.807) is 7.11 Å². The average molecular weight is 276 g/mol. The van der Waals surface area contributed by atoms with Gasteiger partial charge in [-0.3, -0.25) is 0 Å². The van der Waals surface area contributed by atoms with Crippen molar-refractivity contribution < 1.29 is 4.74 Å². The van der Waals surface area contributed by atoms with Gasteiger partial charge in [0.2, 0.25) is 0 Å². The molecule has 0 spiro atoms. The number of benzene rings is 1. The van der Waals surface area contributed by atoms with Crippen molar-refractivity contribution in [2.75, 3.05) is 7.11 Å². The highest BCUT2D eigenvalue weighted by atomic mass is 16.5. The second kappa shape index (κ2) is 12.9. The fourth-order valence-electron chi connectivity index (χ4n) is 2.28. The van der Waals surface area contributed by atoms with E-state index in [9.17, 15) is 0 Å². The van der Waals surface area contributed by atoms with Crippen LogP contribution < -0.4 is 0 Å². The van der Waals surface area contributed by atoms with Crippen LogP contribution in [0.3, 0.4) is 0 Å². The molecule has 0 N–H and O–H groups in total. The minimum atomic E-state index is 0.142. The maximum absolute atomic E-state index is 5.57. The summed E-state index contributed by atoms with van der Waals surface area (Å²) in [5.41, 5.74) is 1.23. The Morgan fingerprint density at radius 3 is 2.00 bits per heavy atom. The first-order valence-corrected chi connectivity index (χ1v) is 7.95. The van der Waals surface area contributed by atoms with Crippen molar-refractivity contribution in [1.29, 1.82) is 0 Å². The molecular weight excluding hydrogens is 244 g/mol. The van der Waals surface area contributed by atoms with Crippen LogP contribution in [0.4, 0.5) is 0 Å². The first-order chi connectivity index (χ1) is 9.74. The molecule has 0 aliphatic rings. The number of hydrogen-bond donors (Lipinski definition) is 0. The molecule has 0 fully saturated rings. The normalized spacial score (nSPS) is 13.0. The summed E-state index contributed by atoms with van der Waals surface area (Å²) in [6.45, 7) is 10.5. The van der Waals surface area contributed by atoms with E-state index in [2.05, 4.69) is 39.5 Å². The van der Waals surface area contributed by atoms with Gasteiger partial charge in [-0.05, 0) is 12.0 Å². The second-order valence-electron chi connectivity index (χ2n) is 5.11. The summed E-state index contributed by atoms with van der Waals surface area (Å²) in [5.74, 6) is 0.405. The van der Waals surface area contributed by atoms with Crippen molar-refractivity contribution in [3.05, 3.63) is 48.6 Å². The molecule has 2 atom stereocenters. The lowest BCUT2D eigenvalue weighted by Gasteiger charge is -2.23. The van der Waals surface area contributed by atoms with Gasteiger partial charge in [0.25, 0.3) is 0 Å². The van der Waals surface area contributed by atoms with Gasteiger partial charge in [-0.2, -0.15) is 0 Å². The van der Waals surface area contributed by atoms with Crippen LogP contribution in [0.5, 0.6) is 0 Å². The van der Waals surface area contributed by atoms with Crippen molar-refractivity contribution in [2.45, 2.75) is 59.0 Å². The number of rotatable bonds is 8. The van der Waals surface area contributed by atoms with Gasteiger partial charge >= 0.3 is 0 Å². The third-order valence-corrected chi connectivity index (χ3v) is 3.40. The predicted molar refractivity (Wildman–Crippen MR) is 90.0 cm³/mol. The van der Waals surface area contributed by atoms with E-state index < -0.39 is 0 Å². The quantitative estimate of drug-likeness (QED) is 0.516. The Balaban J connectivity index is 0.000000621. The predicted octanol–water partition coefficient (Wildman–Crippen LogP) is 6.17. The summed E-state index contributed by atoms with van der Waals surface area (Å²) in [6.07, 6.45) is 8.50. The number of hydrogen-bond acceptors (Lipinski definition) is 1. The van der Waals surface area contributed by atoms with Gasteiger partial charge in [-0.1, -0.05) is 82.9 Å². The molecule has 1 aromatic carbocycles. The van der Waals surface area contributed by atoms with E-state index in [-0.39, 0.29) is 6.10 Å². The van der Waals surface area contributed by atoms with Crippen LogP contribution in [0.15, 0.2) is 43.0 Å². The fraction of sp³-hybridized carbons (Fsp3) is 0.579. The van der Waals surface area contributed by atoms with E-state index in [1.165, 1.54) is 24.8 Å². The highest BCUT2D eigenvalue weighted by Crippen LogP contribution is 2.29. The lowest BCUT2D eigenvalue weighted by molar-refractivity contribution is 0.0650. The second-order valence-corrected chi connectivity index (χ2v) is 5.11. The van der Waals surface area contributed by atoms with Crippen LogP contribution in [0.25, 0.3) is 0 Å². The smallest absolute Gasteiger partial charge is 0.0883 e. The van der Waals surface area contributed by atoms with E-state index >= 15 is 0 Å². The molecule has 1 nitrogen and oxygen atoms in total. The van der Waals surface area contributed by atoms with Crippen LogP contribution in [0.1, 0.15) is 64.5 Å². The van der Waals surface area contributed by atoms with E-state index in [4.69, 9.17) is 4.74 Å². The minimum Gasteiger partial charge on any atom is -0.376 e. The Bertz CT molecular complexity index is 316. The molecule has 0 radical (unpaired) electrons. The first-order valence-electron chi connectivity index (χ1n) is 7.95. The molecule has 0 aromatic heterocycles. The molecule has 0 bridgehead atoms. The summed E-state index contributed by atoms with van der Waals surface area (Å²) in [7, 11) is 1.77. The van der Waals surface area contributed by atoms with Crippen LogP contribution in [0, 0.1) is 5.92 Å². The van der Waals surface area contributed by atoms with Gasteiger partial charge < -0.3 is 4.74 Å². The van der Waals surface area contributed by atoms with E-state index in [0.717, 1.165) is 12.8 Å². The number of ether oxygens (including phenoxy) is 1. The maximum atomic E-state index is 5.57. The van der Waals surface area contributed by atoms with E-state index in [0.29, 0.717) is 5.92 Å². The van der Waals surface area contributed by atoms with Crippen LogP contribution >= 0.6 is 0 Å². The molecule has 1 heteroatoms. The van der Waals surface area contributed by atoms with Gasteiger partial charge in [-0.15, -0.1) is 6.58 Å². The van der Waals surface area contributed by atoms with Crippen molar-refractivity contribution in [3.8, 4) is 0 Å². The Morgan fingerprint density at radius 1 is 1.05 bits per heavy atom. The lowest BCUT2D eigenvalue weighted by atomic mass is 9.92. The van der Waals surface area contributed by atoms with Gasteiger partial charge in [0.1, 0.15) is 0 Å². The van der Waals surface area contributed by atoms with Gasteiger partial charge in [0.05, 0.1) is 6.10 Å². The minimum absolute atomic E-state index is 0.142. The lowest BCUT2D eigenvalue weighted by Crippen LogP contribution is -2.12. The Hall–Kier alpha value is -1.08. The molecule has 114 valence electrons.